The van der Waals surface area contributed by atoms with Crippen LogP contribution in [0.3, 0.4) is 0 Å². The highest BCUT2D eigenvalue weighted by Gasteiger charge is 2.23. The minimum atomic E-state index is -1.02. The molecule has 1 heterocycles. The Hall–Kier alpha value is -2.50. The van der Waals surface area contributed by atoms with Crippen LogP contribution in [0.4, 0.5) is 0 Å². The van der Waals surface area contributed by atoms with Crippen LogP contribution < -0.4 is 10.1 Å². The van der Waals surface area contributed by atoms with Gasteiger partial charge in [-0.1, -0.05) is 13.8 Å². The van der Waals surface area contributed by atoms with Crippen LogP contribution in [0.15, 0.2) is 24.4 Å². The quantitative estimate of drug-likeness (QED) is 0.760. The first-order valence-corrected chi connectivity index (χ1v) is 7.08. The molecule has 3 N–H and O–H groups in total. The first kappa shape index (κ1) is 15.9. The van der Waals surface area contributed by atoms with Crippen LogP contribution in [0.1, 0.15) is 19.4 Å². The van der Waals surface area contributed by atoms with E-state index >= 15 is 0 Å². The van der Waals surface area contributed by atoms with Gasteiger partial charge in [-0.25, -0.2) is 4.79 Å². The number of carbonyl (C=O) groups is 2. The van der Waals surface area contributed by atoms with E-state index in [1.807, 2.05) is 18.2 Å². The van der Waals surface area contributed by atoms with Crippen molar-refractivity contribution in [2.45, 2.75) is 26.3 Å². The van der Waals surface area contributed by atoms with Crippen LogP contribution in [0.25, 0.3) is 10.9 Å². The first-order chi connectivity index (χ1) is 10.4. The molecule has 118 valence electrons. The number of aromatic amines is 1. The zero-order valence-corrected chi connectivity index (χ0v) is 12.8. The smallest absolute Gasteiger partial charge is 0.326 e. The molecule has 2 rings (SSSR count). The number of nitrogens with one attached hydrogen (secondary N) is 2. The lowest BCUT2D eigenvalue weighted by atomic mass is 10.0. The number of rotatable bonds is 6. The minimum Gasteiger partial charge on any atom is -0.497 e. The van der Waals surface area contributed by atoms with Crippen molar-refractivity contribution >= 4 is 22.8 Å². The molecule has 1 aromatic heterocycles. The van der Waals surface area contributed by atoms with E-state index in [1.165, 1.54) is 0 Å². The molecule has 0 saturated heterocycles. The highest BCUT2D eigenvalue weighted by atomic mass is 16.5. The number of hydrogen-bond acceptors (Lipinski definition) is 3. The van der Waals surface area contributed by atoms with Gasteiger partial charge in [0.1, 0.15) is 11.8 Å². The molecule has 0 aliphatic carbocycles. The van der Waals surface area contributed by atoms with Crippen LogP contribution in [-0.4, -0.2) is 35.1 Å². The number of carboxylic acid groups (broad SMARTS) is 1. The molecule has 0 radical (unpaired) electrons. The summed E-state index contributed by atoms with van der Waals surface area (Å²) in [7, 11) is 1.58. The zero-order chi connectivity index (χ0) is 16.3. The molecule has 0 fully saturated rings. The maximum Gasteiger partial charge on any atom is 0.326 e. The molecular formula is C16H20N2O4. The normalized spacial score (nSPS) is 12.4. The van der Waals surface area contributed by atoms with Crippen molar-refractivity contribution in [2.24, 2.45) is 5.92 Å². The number of benzene rings is 1. The summed E-state index contributed by atoms with van der Waals surface area (Å²) in [6.45, 7) is 3.52. The Labute approximate surface area is 128 Å². The fourth-order valence-corrected chi connectivity index (χ4v) is 2.34. The van der Waals surface area contributed by atoms with E-state index in [0.717, 1.165) is 16.5 Å². The third kappa shape index (κ3) is 3.39. The Morgan fingerprint density at radius 2 is 2.09 bits per heavy atom. The molecule has 1 unspecified atom stereocenters. The predicted octanol–water partition coefficient (Wildman–Crippen LogP) is 1.94. The van der Waals surface area contributed by atoms with Crippen molar-refractivity contribution in [3.8, 4) is 5.75 Å². The average molecular weight is 304 g/mol. The summed E-state index contributed by atoms with van der Waals surface area (Å²) in [5.74, 6) is -0.808. The number of carbonyl (C=O) groups excluding carboxylic acids is 1. The van der Waals surface area contributed by atoms with Crippen molar-refractivity contribution in [3.63, 3.8) is 0 Å². The van der Waals surface area contributed by atoms with Gasteiger partial charge < -0.3 is 20.1 Å². The van der Waals surface area contributed by atoms with E-state index in [2.05, 4.69) is 10.3 Å². The fourth-order valence-electron chi connectivity index (χ4n) is 2.34. The molecule has 1 amide bonds. The Bertz CT molecular complexity index is 691. The van der Waals surface area contributed by atoms with Crippen molar-refractivity contribution in [2.75, 3.05) is 7.11 Å². The maximum atomic E-state index is 12.1. The number of H-pyrrole nitrogens is 1. The van der Waals surface area contributed by atoms with Gasteiger partial charge in [-0.3, -0.25) is 4.79 Å². The highest BCUT2D eigenvalue weighted by Crippen LogP contribution is 2.24. The van der Waals surface area contributed by atoms with E-state index in [4.69, 9.17) is 9.84 Å². The van der Waals surface area contributed by atoms with E-state index in [9.17, 15) is 9.59 Å². The van der Waals surface area contributed by atoms with Gasteiger partial charge in [-0.15, -0.1) is 0 Å². The number of ether oxygens (including phenoxy) is 1. The van der Waals surface area contributed by atoms with Crippen LogP contribution in [0, 0.1) is 5.92 Å². The maximum absolute atomic E-state index is 12.1. The molecule has 1 aromatic carbocycles. The number of aliphatic carboxylic acids is 1. The molecule has 0 bridgehead atoms. The number of methoxy groups -OCH3 is 1. The highest BCUT2D eigenvalue weighted by molar-refractivity contribution is 5.91. The SMILES string of the molecule is COc1ccc2[nH]cc(CC(=O)NC(C(=O)O)C(C)C)c2c1. The second-order valence-corrected chi connectivity index (χ2v) is 5.53. The topological polar surface area (TPSA) is 91.4 Å². The molecule has 6 nitrogen and oxygen atoms in total. The van der Waals surface area contributed by atoms with Crippen molar-refractivity contribution in [1.82, 2.24) is 10.3 Å². The van der Waals surface area contributed by atoms with Gasteiger partial charge in [-0.05, 0) is 29.7 Å². The molecule has 2 aromatic rings. The summed E-state index contributed by atoms with van der Waals surface area (Å²) < 4.78 is 5.19. The van der Waals surface area contributed by atoms with Gasteiger partial charge in [0, 0.05) is 17.1 Å². The average Bonchev–Trinajstić information content (AvgIpc) is 2.86. The van der Waals surface area contributed by atoms with Crippen molar-refractivity contribution in [3.05, 3.63) is 30.0 Å². The second kappa shape index (κ2) is 6.51. The lowest BCUT2D eigenvalue weighted by Gasteiger charge is -2.17. The van der Waals surface area contributed by atoms with Crippen LogP contribution in [-0.2, 0) is 16.0 Å². The third-order valence-electron chi connectivity index (χ3n) is 3.57. The van der Waals surface area contributed by atoms with Gasteiger partial charge in [0.05, 0.1) is 13.5 Å². The Morgan fingerprint density at radius 1 is 1.36 bits per heavy atom. The second-order valence-electron chi connectivity index (χ2n) is 5.53. The molecule has 22 heavy (non-hydrogen) atoms. The van der Waals surface area contributed by atoms with E-state index in [1.54, 1.807) is 27.2 Å². The Kier molecular flexibility index (Phi) is 4.70. The lowest BCUT2D eigenvalue weighted by molar-refractivity contribution is -0.143. The number of hydrogen-bond donors (Lipinski definition) is 3. The molecule has 0 aliphatic heterocycles. The molecule has 1 atom stereocenters. The summed E-state index contributed by atoms with van der Waals surface area (Å²) in [6, 6.07) is 4.68. The number of aromatic nitrogens is 1. The molecular weight excluding hydrogens is 284 g/mol. The number of fused-ring (bicyclic) bond motifs is 1. The standard InChI is InChI=1S/C16H20N2O4/c1-9(2)15(16(20)21)18-14(19)6-10-8-17-13-5-4-11(22-3)7-12(10)13/h4-5,7-9,15,17H,6H2,1-3H3,(H,18,19)(H,20,21). The Morgan fingerprint density at radius 3 is 2.68 bits per heavy atom. The first-order valence-electron chi connectivity index (χ1n) is 7.08. The lowest BCUT2D eigenvalue weighted by Crippen LogP contribution is -2.44. The van der Waals surface area contributed by atoms with Gasteiger partial charge in [-0.2, -0.15) is 0 Å². The minimum absolute atomic E-state index is 0.115. The zero-order valence-electron chi connectivity index (χ0n) is 12.8. The summed E-state index contributed by atoms with van der Waals surface area (Å²) in [5.41, 5.74) is 1.71. The summed E-state index contributed by atoms with van der Waals surface area (Å²) >= 11 is 0. The van der Waals surface area contributed by atoms with Gasteiger partial charge in [0.25, 0.3) is 0 Å². The summed E-state index contributed by atoms with van der Waals surface area (Å²) in [5, 5.41) is 12.6. The van der Waals surface area contributed by atoms with E-state index in [0.29, 0.717) is 5.75 Å². The number of carboxylic acids is 1. The van der Waals surface area contributed by atoms with Crippen molar-refractivity contribution in [1.29, 1.82) is 0 Å². The summed E-state index contributed by atoms with van der Waals surface area (Å²) in [6.07, 6.45) is 1.87. The fraction of sp³-hybridized carbons (Fsp3) is 0.375. The van der Waals surface area contributed by atoms with Gasteiger partial charge in [0.15, 0.2) is 0 Å². The van der Waals surface area contributed by atoms with E-state index < -0.39 is 12.0 Å². The van der Waals surface area contributed by atoms with Crippen LogP contribution in [0.5, 0.6) is 5.75 Å². The molecule has 0 aliphatic rings. The summed E-state index contributed by atoms with van der Waals surface area (Å²) in [4.78, 5) is 26.3. The van der Waals surface area contributed by atoms with Gasteiger partial charge >= 0.3 is 5.97 Å². The van der Waals surface area contributed by atoms with Gasteiger partial charge in [0.2, 0.25) is 5.91 Å². The molecule has 0 spiro atoms. The van der Waals surface area contributed by atoms with E-state index in [-0.39, 0.29) is 18.2 Å². The Balaban J connectivity index is 2.16. The predicted molar refractivity (Wildman–Crippen MR) is 83.0 cm³/mol. The third-order valence-corrected chi connectivity index (χ3v) is 3.57. The van der Waals surface area contributed by atoms with Crippen LogP contribution >= 0.6 is 0 Å². The molecule has 6 heteroatoms. The van der Waals surface area contributed by atoms with Crippen molar-refractivity contribution < 1.29 is 19.4 Å². The van der Waals surface area contributed by atoms with Crippen LogP contribution in [0.2, 0.25) is 0 Å². The monoisotopic (exact) mass is 304 g/mol. The molecule has 0 saturated carbocycles. The largest absolute Gasteiger partial charge is 0.497 e. The number of amides is 1.